The van der Waals surface area contributed by atoms with Crippen LogP contribution in [-0.4, -0.2) is 38.7 Å². The third kappa shape index (κ3) is 5.08. The first-order valence-corrected chi connectivity index (χ1v) is 8.03. The maximum Gasteiger partial charge on any atom is 0.280 e. The molecule has 0 N–H and O–H groups in total. The van der Waals surface area contributed by atoms with Crippen LogP contribution in [0.2, 0.25) is 0 Å². The van der Waals surface area contributed by atoms with Gasteiger partial charge in [0.25, 0.3) is 6.43 Å². The van der Waals surface area contributed by atoms with Crippen molar-refractivity contribution in [1.29, 1.82) is 0 Å². The van der Waals surface area contributed by atoms with Gasteiger partial charge in [-0.05, 0) is 23.4 Å². The van der Waals surface area contributed by atoms with Gasteiger partial charge in [0.1, 0.15) is 5.69 Å². The first-order valence-electron chi connectivity index (χ1n) is 8.03. The molecule has 0 spiro atoms. The Kier molecular flexibility index (Phi) is 9.58. The standard InChI is InChI=1S/C12H14B2F2N2.2C2H6/c1-2-8-6-18(7-8)12(13,14)10-5-3-4-9(17-10)11(15)16;2*1-2/h3-5,8,11H,2,6-7H2,1H3;2*1-2H3. The van der Waals surface area contributed by atoms with Crippen molar-refractivity contribution in [2.24, 2.45) is 5.92 Å². The predicted molar refractivity (Wildman–Crippen MR) is 90.4 cm³/mol. The van der Waals surface area contributed by atoms with Crippen molar-refractivity contribution >= 4 is 15.7 Å². The van der Waals surface area contributed by atoms with Crippen LogP contribution in [-0.2, 0) is 5.34 Å². The highest BCUT2D eigenvalue weighted by molar-refractivity contribution is 6.39. The van der Waals surface area contributed by atoms with E-state index in [0.717, 1.165) is 19.5 Å². The van der Waals surface area contributed by atoms with E-state index in [0.29, 0.717) is 5.92 Å². The zero-order valence-electron chi connectivity index (χ0n) is 14.3. The summed E-state index contributed by atoms with van der Waals surface area (Å²) in [5.41, 5.74) is -0.00445. The summed E-state index contributed by atoms with van der Waals surface area (Å²) >= 11 is 0. The molecule has 22 heavy (non-hydrogen) atoms. The van der Waals surface area contributed by atoms with E-state index in [1.54, 1.807) is 6.07 Å². The second-order valence-corrected chi connectivity index (χ2v) is 4.75. The van der Waals surface area contributed by atoms with E-state index in [2.05, 4.69) is 11.9 Å². The largest absolute Gasteiger partial charge is 0.308 e. The van der Waals surface area contributed by atoms with Crippen LogP contribution < -0.4 is 0 Å². The first-order chi connectivity index (χ1) is 10.4. The fourth-order valence-electron chi connectivity index (χ4n) is 2.09. The summed E-state index contributed by atoms with van der Waals surface area (Å²) in [5, 5.41) is -1.27. The van der Waals surface area contributed by atoms with Crippen molar-refractivity contribution in [3.8, 4) is 0 Å². The van der Waals surface area contributed by atoms with Crippen molar-refractivity contribution < 1.29 is 8.78 Å². The van der Waals surface area contributed by atoms with Crippen molar-refractivity contribution in [2.45, 2.75) is 52.8 Å². The number of rotatable bonds is 4. The summed E-state index contributed by atoms with van der Waals surface area (Å²) in [6, 6.07) is 4.37. The van der Waals surface area contributed by atoms with Gasteiger partial charge in [-0.3, -0.25) is 4.98 Å². The van der Waals surface area contributed by atoms with E-state index >= 15 is 0 Å². The number of halogens is 2. The number of hydrogen-bond donors (Lipinski definition) is 0. The molecule has 0 bridgehead atoms. The molecule has 2 rings (SSSR count). The summed E-state index contributed by atoms with van der Waals surface area (Å²) in [6.07, 6.45) is -1.54. The van der Waals surface area contributed by atoms with Crippen LogP contribution in [0.3, 0.4) is 0 Å². The zero-order chi connectivity index (χ0) is 17.3. The molecule has 2 heterocycles. The van der Waals surface area contributed by atoms with Crippen LogP contribution >= 0.6 is 0 Å². The number of likely N-dealkylation sites (tertiary alicyclic amines) is 1. The van der Waals surface area contributed by atoms with Gasteiger partial charge in [0.2, 0.25) is 0 Å². The Morgan fingerprint density at radius 2 is 1.77 bits per heavy atom. The fourth-order valence-corrected chi connectivity index (χ4v) is 2.09. The predicted octanol–water partition coefficient (Wildman–Crippen LogP) is 3.86. The Morgan fingerprint density at radius 3 is 2.23 bits per heavy atom. The highest BCUT2D eigenvalue weighted by atomic mass is 19.3. The number of pyridine rings is 1. The summed E-state index contributed by atoms with van der Waals surface area (Å²) in [5.74, 6) is 0.578. The molecular formula is C16H26B2F2N2. The summed E-state index contributed by atoms with van der Waals surface area (Å²) in [4.78, 5) is 5.72. The second-order valence-electron chi connectivity index (χ2n) is 4.75. The SMILES string of the molecule is CC.CC.[B]C([B])(c1cccc(C(F)F)n1)N1CC(CC)C1. The van der Waals surface area contributed by atoms with Crippen molar-refractivity contribution in [1.82, 2.24) is 9.88 Å². The lowest BCUT2D eigenvalue weighted by Crippen LogP contribution is -2.59. The first kappa shape index (κ1) is 21.1. The Bertz CT molecular complexity index is 422. The van der Waals surface area contributed by atoms with E-state index in [1.165, 1.54) is 12.1 Å². The van der Waals surface area contributed by atoms with E-state index in [9.17, 15) is 8.78 Å². The minimum absolute atomic E-state index is 0.287. The summed E-state index contributed by atoms with van der Waals surface area (Å²) < 4.78 is 25.2. The topological polar surface area (TPSA) is 16.1 Å². The van der Waals surface area contributed by atoms with E-state index in [1.807, 2.05) is 32.6 Å². The maximum atomic E-state index is 12.6. The van der Waals surface area contributed by atoms with Crippen LogP contribution in [0.25, 0.3) is 0 Å². The molecule has 4 radical (unpaired) electrons. The molecular weight excluding hydrogens is 280 g/mol. The molecule has 0 atom stereocenters. The van der Waals surface area contributed by atoms with Crippen LogP contribution in [0.5, 0.6) is 0 Å². The van der Waals surface area contributed by atoms with Crippen LogP contribution in [0.4, 0.5) is 8.78 Å². The number of aromatic nitrogens is 1. The normalized spacial score (nSPS) is 15.3. The molecule has 1 aromatic rings. The van der Waals surface area contributed by atoms with Gasteiger partial charge >= 0.3 is 0 Å². The van der Waals surface area contributed by atoms with Gasteiger partial charge in [-0.15, -0.1) is 0 Å². The molecule has 1 saturated heterocycles. The average molecular weight is 306 g/mol. The summed E-state index contributed by atoms with van der Waals surface area (Å²) in [6.45, 7) is 11.7. The van der Waals surface area contributed by atoms with Crippen molar-refractivity contribution in [3.05, 3.63) is 29.6 Å². The quantitative estimate of drug-likeness (QED) is 0.785. The van der Waals surface area contributed by atoms with Gasteiger partial charge in [0, 0.05) is 18.8 Å². The number of hydrogen-bond acceptors (Lipinski definition) is 2. The summed E-state index contributed by atoms with van der Waals surface area (Å²) in [7, 11) is 12.1. The van der Waals surface area contributed by atoms with Crippen molar-refractivity contribution in [3.63, 3.8) is 0 Å². The molecule has 1 aliphatic heterocycles. The highest BCUT2D eigenvalue weighted by Crippen LogP contribution is 2.30. The van der Waals surface area contributed by atoms with E-state index in [-0.39, 0.29) is 11.4 Å². The lowest BCUT2D eigenvalue weighted by atomic mass is 9.57. The minimum Gasteiger partial charge on any atom is -0.308 e. The van der Waals surface area contributed by atoms with Crippen LogP contribution in [0.15, 0.2) is 18.2 Å². The molecule has 120 valence electrons. The van der Waals surface area contributed by atoms with E-state index in [4.69, 9.17) is 15.7 Å². The molecule has 1 fully saturated rings. The molecule has 0 amide bonds. The average Bonchev–Trinajstić information content (AvgIpc) is 2.50. The highest BCUT2D eigenvalue weighted by Gasteiger charge is 2.37. The Labute approximate surface area is 136 Å². The third-order valence-corrected chi connectivity index (χ3v) is 3.46. The lowest BCUT2D eigenvalue weighted by Gasteiger charge is -2.50. The van der Waals surface area contributed by atoms with Gasteiger partial charge in [-0.25, -0.2) is 8.78 Å². The molecule has 6 heteroatoms. The minimum atomic E-state index is -2.61. The molecule has 0 unspecified atom stereocenters. The van der Waals surface area contributed by atoms with Gasteiger partial charge < -0.3 is 4.90 Å². The maximum absolute atomic E-state index is 12.6. The van der Waals surface area contributed by atoms with Gasteiger partial charge in [0.15, 0.2) is 0 Å². The fraction of sp³-hybridized carbons (Fsp3) is 0.688. The third-order valence-electron chi connectivity index (χ3n) is 3.46. The van der Waals surface area contributed by atoms with Crippen molar-refractivity contribution in [2.75, 3.05) is 13.1 Å². The van der Waals surface area contributed by atoms with Crippen LogP contribution in [0.1, 0.15) is 58.9 Å². The van der Waals surface area contributed by atoms with Gasteiger partial charge in [0.05, 0.1) is 15.7 Å². The van der Waals surface area contributed by atoms with Crippen LogP contribution in [0, 0.1) is 5.92 Å². The molecule has 1 aromatic heterocycles. The van der Waals surface area contributed by atoms with Gasteiger partial charge in [-0.2, -0.15) is 0 Å². The van der Waals surface area contributed by atoms with E-state index < -0.39 is 11.8 Å². The molecule has 0 aliphatic carbocycles. The second kappa shape index (κ2) is 9.98. The Hall–Kier alpha value is -0.900. The monoisotopic (exact) mass is 306 g/mol. The molecule has 2 nitrogen and oxygen atoms in total. The zero-order valence-corrected chi connectivity index (χ0v) is 14.3. The Morgan fingerprint density at radius 1 is 1.23 bits per heavy atom. The van der Waals surface area contributed by atoms with Gasteiger partial charge in [-0.1, -0.05) is 47.1 Å². The molecule has 1 aliphatic rings. The number of nitrogens with zero attached hydrogens (tertiary/aromatic N) is 2. The Balaban J connectivity index is 0.00000102. The lowest BCUT2D eigenvalue weighted by molar-refractivity contribution is 0.0614. The smallest absolute Gasteiger partial charge is 0.280 e. The molecule has 0 aromatic carbocycles. The number of alkyl halides is 2. The molecule has 0 saturated carbocycles.